The van der Waals surface area contributed by atoms with Crippen LogP contribution in [0, 0.1) is 0 Å². The van der Waals surface area contributed by atoms with Crippen molar-refractivity contribution >= 4 is 5.97 Å². The number of unbranched alkanes of at least 4 members (excludes halogenated alkanes) is 2. The molecule has 68 valence electrons. The first-order chi connectivity index (χ1) is 5.74. The van der Waals surface area contributed by atoms with Crippen molar-refractivity contribution in [2.45, 2.75) is 45.6 Å². The van der Waals surface area contributed by atoms with E-state index in [4.69, 9.17) is 4.74 Å². The lowest BCUT2D eigenvalue weighted by Gasteiger charge is -1.94. The van der Waals surface area contributed by atoms with E-state index in [0.29, 0.717) is 0 Å². The van der Waals surface area contributed by atoms with E-state index in [-0.39, 0.29) is 12.1 Å². The topological polar surface area (TPSA) is 26.3 Å². The second kappa shape index (κ2) is 4.29. The zero-order valence-corrected chi connectivity index (χ0v) is 7.80. The van der Waals surface area contributed by atoms with Gasteiger partial charge in [0.1, 0.15) is 6.10 Å². The van der Waals surface area contributed by atoms with Gasteiger partial charge in [0.2, 0.25) is 0 Å². The summed E-state index contributed by atoms with van der Waals surface area (Å²) in [6.45, 7) is 4.08. The van der Waals surface area contributed by atoms with Gasteiger partial charge in [-0.1, -0.05) is 25.8 Å². The van der Waals surface area contributed by atoms with Gasteiger partial charge in [-0.3, -0.25) is 0 Å². The Balaban J connectivity index is 2.41. The largest absolute Gasteiger partial charge is 0.459 e. The summed E-state index contributed by atoms with van der Waals surface area (Å²) in [7, 11) is 0. The third-order valence-electron chi connectivity index (χ3n) is 2.03. The van der Waals surface area contributed by atoms with E-state index in [1.54, 1.807) is 0 Å². The van der Waals surface area contributed by atoms with Gasteiger partial charge in [0.05, 0.1) is 0 Å². The van der Waals surface area contributed by atoms with E-state index >= 15 is 0 Å². The highest BCUT2D eigenvalue weighted by Gasteiger charge is 2.24. The Morgan fingerprint density at radius 2 is 2.42 bits per heavy atom. The Bertz CT molecular complexity index is 194. The van der Waals surface area contributed by atoms with Crippen molar-refractivity contribution in [2.75, 3.05) is 0 Å². The van der Waals surface area contributed by atoms with Crippen molar-refractivity contribution < 1.29 is 9.53 Å². The van der Waals surface area contributed by atoms with Gasteiger partial charge in [0.15, 0.2) is 0 Å². The number of carbonyl (C=O) groups is 1. The summed E-state index contributed by atoms with van der Waals surface area (Å²) in [6.07, 6.45) is 6.25. The summed E-state index contributed by atoms with van der Waals surface area (Å²) in [6, 6.07) is 0. The van der Waals surface area contributed by atoms with Crippen LogP contribution in [0.2, 0.25) is 0 Å². The number of hydrogen-bond acceptors (Lipinski definition) is 2. The van der Waals surface area contributed by atoms with Crippen molar-refractivity contribution in [3.8, 4) is 0 Å². The van der Waals surface area contributed by atoms with Crippen LogP contribution >= 0.6 is 0 Å². The summed E-state index contributed by atoms with van der Waals surface area (Å²) in [5, 5.41) is 0. The van der Waals surface area contributed by atoms with Gasteiger partial charge in [-0.05, 0) is 13.3 Å². The molecule has 1 aliphatic heterocycles. The maximum absolute atomic E-state index is 11.1. The van der Waals surface area contributed by atoms with E-state index in [9.17, 15) is 4.79 Å². The fourth-order valence-electron chi connectivity index (χ4n) is 1.34. The number of cyclic esters (lactones) is 1. The smallest absolute Gasteiger partial charge is 0.334 e. The number of rotatable bonds is 3. The summed E-state index contributed by atoms with van der Waals surface area (Å²) in [5.74, 6) is -0.112. The highest BCUT2D eigenvalue weighted by Crippen LogP contribution is 2.20. The number of esters is 1. The zero-order chi connectivity index (χ0) is 8.97. The summed E-state index contributed by atoms with van der Waals surface area (Å²) in [5.41, 5.74) is 0.871. The second-order valence-electron chi connectivity index (χ2n) is 3.29. The molecule has 0 bridgehead atoms. The Kier molecular flexibility index (Phi) is 3.32. The van der Waals surface area contributed by atoms with E-state index in [1.165, 1.54) is 6.42 Å². The SMILES string of the molecule is CCCC/C=C1/C[C@@H](C)OC1=O. The molecule has 12 heavy (non-hydrogen) atoms. The molecule has 0 unspecified atom stereocenters. The number of hydrogen-bond donors (Lipinski definition) is 0. The minimum Gasteiger partial charge on any atom is -0.459 e. The van der Waals surface area contributed by atoms with E-state index in [1.807, 2.05) is 13.0 Å². The minimum atomic E-state index is -0.112. The minimum absolute atomic E-state index is 0.0883. The molecule has 0 spiro atoms. The van der Waals surface area contributed by atoms with Crippen LogP contribution in [-0.2, 0) is 9.53 Å². The molecule has 0 aromatic heterocycles. The van der Waals surface area contributed by atoms with Gasteiger partial charge in [0, 0.05) is 12.0 Å². The molecule has 1 fully saturated rings. The molecular weight excluding hydrogens is 152 g/mol. The molecule has 2 heteroatoms. The van der Waals surface area contributed by atoms with Crippen molar-refractivity contribution in [3.63, 3.8) is 0 Å². The predicted octanol–water partition coefficient (Wildman–Crippen LogP) is 2.44. The van der Waals surface area contributed by atoms with Crippen LogP contribution in [0.3, 0.4) is 0 Å². The maximum atomic E-state index is 11.1. The van der Waals surface area contributed by atoms with Gasteiger partial charge in [0.25, 0.3) is 0 Å². The normalized spacial score (nSPS) is 26.3. The van der Waals surface area contributed by atoms with E-state index < -0.39 is 0 Å². The monoisotopic (exact) mass is 168 g/mol. The number of allylic oxidation sites excluding steroid dienone is 1. The fourth-order valence-corrected chi connectivity index (χ4v) is 1.34. The van der Waals surface area contributed by atoms with Crippen LogP contribution in [0.25, 0.3) is 0 Å². The standard InChI is InChI=1S/C10H16O2/c1-3-4-5-6-9-7-8(2)12-10(9)11/h6,8H,3-5,7H2,1-2H3/b9-6-/t8-/m1/s1. The van der Waals surface area contributed by atoms with Crippen LogP contribution in [0.1, 0.15) is 39.5 Å². The molecule has 1 saturated heterocycles. The third-order valence-corrected chi connectivity index (χ3v) is 2.03. The molecule has 0 aromatic carbocycles. The van der Waals surface area contributed by atoms with Gasteiger partial charge >= 0.3 is 5.97 Å². The van der Waals surface area contributed by atoms with E-state index in [0.717, 1.165) is 24.8 Å². The summed E-state index contributed by atoms with van der Waals surface area (Å²) < 4.78 is 5.00. The second-order valence-corrected chi connectivity index (χ2v) is 3.29. The summed E-state index contributed by atoms with van der Waals surface area (Å²) >= 11 is 0. The molecule has 1 rings (SSSR count). The molecule has 0 amide bonds. The third kappa shape index (κ3) is 2.36. The van der Waals surface area contributed by atoms with Gasteiger partial charge in [-0.2, -0.15) is 0 Å². The Morgan fingerprint density at radius 3 is 2.92 bits per heavy atom. The van der Waals surface area contributed by atoms with Crippen molar-refractivity contribution in [2.24, 2.45) is 0 Å². The molecule has 0 aromatic rings. The van der Waals surface area contributed by atoms with Crippen LogP contribution in [0.5, 0.6) is 0 Å². The van der Waals surface area contributed by atoms with Crippen LogP contribution < -0.4 is 0 Å². The highest BCUT2D eigenvalue weighted by atomic mass is 16.5. The quantitative estimate of drug-likeness (QED) is 0.367. The molecule has 2 nitrogen and oxygen atoms in total. The molecule has 0 saturated carbocycles. The molecule has 0 radical (unpaired) electrons. The summed E-state index contributed by atoms with van der Waals surface area (Å²) in [4.78, 5) is 11.1. The first-order valence-corrected chi connectivity index (χ1v) is 4.64. The van der Waals surface area contributed by atoms with Crippen LogP contribution in [-0.4, -0.2) is 12.1 Å². The van der Waals surface area contributed by atoms with Gasteiger partial charge < -0.3 is 4.74 Å². The Hall–Kier alpha value is -0.790. The molecule has 0 aliphatic carbocycles. The molecule has 1 heterocycles. The lowest BCUT2D eigenvalue weighted by atomic mass is 10.1. The van der Waals surface area contributed by atoms with Gasteiger partial charge in [-0.15, -0.1) is 0 Å². The average molecular weight is 168 g/mol. The lowest BCUT2D eigenvalue weighted by Crippen LogP contribution is -1.99. The molecular formula is C10H16O2. The maximum Gasteiger partial charge on any atom is 0.334 e. The zero-order valence-electron chi connectivity index (χ0n) is 7.80. The van der Waals surface area contributed by atoms with Crippen molar-refractivity contribution in [1.82, 2.24) is 0 Å². The highest BCUT2D eigenvalue weighted by molar-refractivity contribution is 5.90. The Morgan fingerprint density at radius 1 is 1.67 bits per heavy atom. The van der Waals surface area contributed by atoms with Crippen molar-refractivity contribution in [1.29, 1.82) is 0 Å². The molecule has 1 atom stereocenters. The molecule has 1 aliphatic rings. The first kappa shape index (κ1) is 9.30. The van der Waals surface area contributed by atoms with E-state index in [2.05, 4.69) is 6.92 Å². The first-order valence-electron chi connectivity index (χ1n) is 4.64. The average Bonchev–Trinajstić information content (AvgIpc) is 2.31. The van der Waals surface area contributed by atoms with Crippen LogP contribution in [0.4, 0.5) is 0 Å². The van der Waals surface area contributed by atoms with Gasteiger partial charge in [-0.25, -0.2) is 4.79 Å². The molecule has 0 N–H and O–H groups in total. The Labute approximate surface area is 73.6 Å². The fraction of sp³-hybridized carbons (Fsp3) is 0.700. The predicted molar refractivity (Wildman–Crippen MR) is 47.8 cm³/mol. The number of carbonyl (C=O) groups excluding carboxylic acids is 1. The lowest BCUT2D eigenvalue weighted by molar-refractivity contribution is -0.138. The number of ether oxygens (including phenoxy) is 1. The van der Waals surface area contributed by atoms with Crippen LogP contribution in [0.15, 0.2) is 11.6 Å². The van der Waals surface area contributed by atoms with Crippen molar-refractivity contribution in [3.05, 3.63) is 11.6 Å².